The molecule has 0 bridgehead atoms. The van der Waals surface area contributed by atoms with E-state index in [1.165, 1.54) is 11.0 Å². The van der Waals surface area contributed by atoms with Crippen LogP contribution in [0.2, 0.25) is 0 Å². The molecule has 0 atom stereocenters. The molecule has 1 heterocycles. The lowest BCUT2D eigenvalue weighted by molar-refractivity contribution is -0.150. The summed E-state index contributed by atoms with van der Waals surface area (Å²) in [5, 5.41) is 0. The number of benzene rings is 1. The number of hydrogen-bond donors (Lipinski definition) is 1. The maximum Gasteiger partial charge on any atom is 0.328 e. The molecule has 8 nitrogen and oxygen atoms in total. The first kappa shape index (κ1) is 19.6. The number of ether oxygens (including phenoxy) is 1. The quantitative estimate of drug-likeness (QED) is 0.554. The molecule has 26 heavy (non-hydrogen) atoms. The number of sulfonamides is 1. The number of fused-ring (bicyclic) bond motifs is 1. The Labute approximate surface area is 152 Å². The molecule has 0 saturated carbocycles. The van der Waals surface area contributed by atoms with Crippen LogP contribution in [0.3, 0.4) is 0 Å². The highest BCUT2D eigenvalue weighted by molar-refractivity contribution is 7.90. The molecule has 140 valence electrons. The number of likely N-dealkylation sites (N-methyl/N-ethyl adjacent to an activating group) is 1. The number of amides is 1. The molecule has 1 amide bonds. The van der Waals surface area contributed by atoms with Gasteiger partial charge in [-0.3, -0.25) is 19.3 Å². The van der Waals surface area contributed by atoms with Crippen molar-refractivity contribution in [3.8, 4) is 0 Å². The van der Waals surface area contributed by atoms with Gasteiger partial charge in [0.2, 0.25) is 0 Å². The number of carbonyl (C=O) groups excluding carboxylic acids is 2. The van der Waals surface area contributed by atoms with Gasteiger partial charge in [0.25, 0.3) is 15.9 Å². The van der Waals surface area contributed by atoms with Gasteiger partial charge in [0.15, 0.2) is 6.61 Å². The van der Waals surface area contributed by atoms with E-state index in [0.717, 1.165) is 5.57 Å². The number of nitrogens with one attached hydrogen (secondary N) is 1. The Hall–Kier alpha value is -2.68. The van der Waals surface area contributed by atoms with Crippen molar-refractivity contribution in [2.45, 2.75) is 18.7 Å². The molecule has 0 unspecified atom stereocenters. The molecule has 2 rings (SSSR count). The maximum absolute atomic E-state index is 12.0. The van der Waals surface area contributed by atoms with Gasteiger partial charge >= 0.3 is 5.97 Å². The molecule has 0 radical (unpaired) electrons. The van der Waals surface area contributed by atoms with E-state index in [9.17, 15) is 18.0 Å². The van der Waals surface area contributed by atoms with Gasteiger partial charge in [0.1, 0.15) is 12.4 Å². The molecular formula is C17H21N3O5S. The van der Waals surface area contributed by atoms with Crippen molar-refractivity contribution in [1.29, 1.82) is 0 Å². The Morgan fingerprint density at radius 1 is 1.31 bits per heavy atom. The minimum absolute atomic E-state index is 0.0846. The van der Waals surface area contributed by atoms with E-state index in [0.29, 0.717) is 18.7 Å². The SMILES string of the molecule is C=C(C)CN(CC)C(=O)COC(=O)CN=C1NS(=O)(=O)c2ccccc21. The van der Waals surface area contributed by atoms with Crippen molar-refractivity contribution in [3.63, 3.8) is 0 Å². The van der Waals surface area contributed by atoms with E-state index < -0.39 is 29.1 Å². The number of carbonyl (C=O) groups is 2. The molecule has 1 aromatic carbocycles. The van der Waals surface area contributed by atoms with Crippen LogP contribution in [0.1, 0.15) is 19.4 Å². The van der Waals surface area contributed by atoms with E-state index in [-0.39, 0.29) is 16.6 Å². The molecule has 1 aliphatic rings. The van der Waals surface area contributed by atoms with Crippen LogP contribution < -0.4 is 4.72 Å². The second kappa shape index (κ2) is 8.13. The number of hydrogen-bond acceptors (Lipinski definition) is 6. The summed E-state index contributed by atoms with van der Waals surface area (Å²) in [5.74, 6) is -0.967. The van der Waals surface area contributed by atoms with E-state index >= 15 is 0 Å². The first-order valence-electron chi connectivity index (χ1n) is 7.99. The molecule has 9 heteroatoms. The van der Waals surface area contributed by atoms with Gasteiger partial charge < -0.3 is 9.64 Å². The van der Waals surface area contributed by atoms with Gasteiger partial charge in [-0.2, -0.15) is 0 Å². The van der Waals surface area contributed by atoms with Crippen LogP contribution in [-0.2, 0) is 24.3 Å². The van der Waals surface area contributed by atoms with Crippen molar-refractivity contribution in [3.05, 3.63) is 42.0 Å². The average molecular weight is 379 g/mol. The van der Waals surface area contributed by atoms with Crippen LogP contribution in [0.5, 0.6) is 0 Å². The fraction of sp³-hybridized carbons (Fsp3) is 0.353. The molecule has 1 aromatic rings. The van der Waals surface area contributed by atoms with Gasteiger partial charge in [0.05, 0.1) is 4.90 Å². The molecule has 0 fully saturated rings. The molecule has 0 aromatic heterocycles. The van der Waals surface area contributed by atoms with Gasteiger partial charge in [0, 0.05) is 18.7 Å². The lowest BCUT2D eigenvalue weighted by Gasteiger charge is -2.20. The van der Waals surface area contributed by atoms with Gasteiger partial charge in [-0.25, -0.2) is 8.42 Å². The van der Waals surface area contributed by atoms with Gasteiger partial charge in [-0.05, 0) is 26.0 Å². The summed E-state index contributed by atoms with van der Waals surface area (Å²) in [6.45, 7) is 7.45. The predicted molar refractivity (Wildman–Crippen MR) is 96.2 cm³/mol. The standard InChI is InChI=1S/C17H21N3O5S/c1-4-20(10-12(2)3)15(21)11-25-16(22)9-18-17-13-7-5-6-8-14(13)26(23,24)19-17/h5-8H,2,4,9-11H2,1,3H3,(H,18,19). The summed E-state index contributed by atoms with van der Waals surface area (Å²) in [6.07, 6.45) is 0. The first-order valence-corrected chi connectivity index (χ1v) is 9.47. The minimum Gasteiger partial charge on any atom is -0.454 e. The smallest absolute Gasteiger partial charge is 0.328 e. The third-order valence-electron chi connectivity index (χ3n) is 3.58. The normalized spacial score (nSPS) is 15.8. The van der Waals surface area contributed by atoms with Crippen molar-refractivity contribution >= 4 is 27.7 Å². The molecule has 1 N–H and O–H groups in total. The largest absolute Gasteiger partial charge is 0.454 e. The molecule has 0 spiro atoms. The zero-order chi connectivity index (χ0) is 19.3. The number of nitrogens with zero attached hydrogens (tertiary/aromatic N) is 2. The van der Waals surface area contributed by atoms with E-state index in [2.05, 4.69) is 16.3 Å². The second-order valence-corrected chi connectivity index (χ2v) is 7.44. The van der Waals surface area contributed by atoms with Crippen molar-refractivity contribution in [2.24, 2.45) is 4.99 Å². The Kier molecular flexibility index (Phi) is 6.14. The molecule has 0 aliphatic carbocycles. The van der Waals surface area contributed by atoms with Crippen LogP contribution in [0.15, 0.2) is 46.3 Å². The zero-order valence-electron chi connectivity index (χ0n) is 14.7. The van der Waals surface area contributed by atoms with Crippen LogP contribution >= 0.6 is 0 Å². The summed E-state index contributed by atoms with van der Waals surface area (Å²) in [7, 11) is -3.66. The third kappa shape index (κ3) is 4.69. The zero-order valence-corrected chi connectivity index (χ0v) is 15.5. The summed E-state index contributed by atoms with van der Waals surface area (Å²) in [6, 6.07) is 6.33. The summed E-state index contributed by atoms with van der Waals surface area (Å²) >= 11 is 0. The van der Waals surface area contributed by atoms with Crippen molar-refractivity contribution < 1.29 is 22.7 Å². The van der Waals surface area contributed by atoms with E-state index in [1.54, 1.807) is 25.1 Å². The summed E-state index contributed by atoms with van der Waals surface area (Å²) in [4.78, 5) is 29.4. The van der Waals surface area contributed by atoms with Gasteiger partial charge in [-0.1, -0.05) is 24.3 Å². The number of rotatable bonds is 7. The lowest BCUT2D eigenvalue weighted by atomic mass is 10.2. The Balaban J connectivity index is 1.94. The highest BCUT2D eigenvalue weighted by Gasteiger charge is 2.30. The number of amidine groups is 1. The van der Waals surface area contributed by atoms with Crippen LogP contribution in [0, 0.1) is 0 Å². The fourth-order valence-electron chi connectivity index (χ4n) is 2.38. The maximum atomic E-state index is 12.0. The number of esters is 1. The van der Waals surface area contributed by atoms with E-state index in [1.807, 2.05) is 6.92 Å². The Bertz CT molecular complexity index is 861. The topological polar surface area (TPSA) is 105 Å². The Morgan fingerprint density at radius 2 is 2.00 bits per heavy atom. The predicted octanol–water partition coefficient (Wildman–Crippen LogP) is 0.693. The monoisotopic (exact) mass is 379 g/mol. The Morgan fingerprint density at radius 3 is 2.65 bits per heavy atom. The van der Waals surface area contributed by atoms with Crippen LogP contribution in [-0.4, -0.2) is 57.3 Å². The second-order valence-electron chi connectivity index (χ2n) is 5.79. The van der Waals surface area contributed by atoms with Crippen LogP contribution in [0.4, 0.5) is 0 Å². The van der Waals surface area contributed by atoms with Crippen molar-refractivity contribution in [1.82, 2.24) is 9.62 Å². The number of aliphatic imine (C=N–C) groups is 1. The average Bonchev–Trinajstić information content (AvgIpc) is 2.86. The highest BCUT2D eigenvalue weighted by atomic mass is 32.2. The summed E-state index contributed by atoms with van der Waals surface area (Å²) in [5.41, 5.74) is 1.22. The molecule has 1 aliphatic heterocycles. The highest BCUT2D eigenvalue weighted by Crippen LogP contribution is 2.21. The first-order chi connectivity index (χ1) is 12.2. The third-order valence-corrected chi connectivity index (χ3v) is 4.98. The minimum atomic E-state index is -3.66. The van der Waals surface area contributed by atoms with Crippen molar-refractivity contribution in [2.75, 3.05) is 26.2 Å². The van der Waals surface area contributed by atoms with E-state index in [4.69, 9.17) is 4.74 Å². The van der Waals surface area contributed by atoms with Gasteiger partial charge in [-0.15, -0.1) is 0 Å². The lowest BCUT2D eigenvalue weighted by Crippen LogP contribution is -2.35. The van der Waals surface area contributed by atoms with Crippen LogP contribution in [0.25, 0.3) is 0 Å². The molecular weight excluding hydrogens is 358 g/mol. The fourth-order valence-corrected chi connectivity index (χ4v) is 3.63. The molecule has 0 saturated heterocycles. The summed E-state index contributed by atoms with van der Waals surface area (Å²) < 4.78 is 31.1.